The number of allylic oxidation sites excluding steroid dienone is 4. The third kappa shape index (κ3) is 6.91. The van der Waals surface area contributed by atoms with Crippen molar-refractivity contribution >= 4 is 105 Å². The Kier molecular flexibility index (Phi) is 9.95. The minimum atomic E-state index is 1.02. The van der Waals surface area contributed by atoms with E-state index in [-0.39, 0.29) is 0 Å². The number of para-hydroxylation sites is 3. The summed E-state index contributed by atoms with van der Waals surface area (Å²) in [6.07, 6.45) is 8.80. The van der Waals surface area contributed by atoms with Crippen LogP contribution in [0.3, 0.4) is 0 Å². The molecule has 1 aliphatic carbocycles. The summed E-state index contributed by atoms with van der Waals surface area (Å²) < 4.78 is 4.84. The average Bonchev–Trinajstić information content (AvgIpc) is 3.96. The largest absolute Gasteiger partial charge is 0.313 e. The number of nitrogens with zero attached hydrogens (tertiary/aromatic N) is 4. The summed E-state index contributed by atoms with van der Waals surface area (Å²) in [6, 6.07) is 91.1. The summed E-state index contributed by atoms with van der Waals surface area (Å²) in [4.78, 5) is 4.85. The van der Waals surface area contributed by atoms with Gasteiger partial charge in [0, 0.05) is 66.5 Å². The summed E-state index contributed by atoms with van der Waals surface area (Å²) in [5.41, 5.74) is 16.3. The molecule has 0 spiro atoms. The second-order valence-electron chi connectivity index (χ2n) is 18.8. The molecule has 340 valence electrons. The first-order chi connectivity index (χ1) is 35.7. The maximum atomic E-state index is 2.46. The van der Waals surface area contributed by atoms with Gasteiger partial charge in [0.15, 0.2) is 0 Å². The molecule has 0 fully saturated rings. The van der Waals surface area contributed by atoms with Crippen LogP contribution < -0.4 is 9.80 Å². The van der Waals surface area contributed by atoms with Crippen LogP contribution in [0.4, 0.5) is 34.1 Å². The molecule has 0 saturated carbocycles. The van der Waals surface area contributed by atoms with Gasteiger partial charge in [-0.2, -0.15) is 0 Å². The monoisotopic (exact) mass is 920 g/mol. The van der Waals surface area contributed by atoms with E-state index in [1.807, 2.05) is 0 Å². The van der Waals surface area contributed by atoms with E-state index in [4.69, 9.17) is 0 Å². The van der Waals surface area contributed by atoms with Crippen LogP contribution in [0.15, 0.2) is 267 Å². The average molecular weight is 921 g/mol. The molecule has 0 atom stereocenters. The predicted molar refractivity (Wildman–Crippen MR) is 306 cm³/mol. The molecule has 0 amide bonds. The number of rotatable bonds is 9. The minimum Gasteiger partial charge on any atom is -0.313 e. The van der Waals surface area contributed by atoms with Crippen LogP contribution in [0.1, 0.15) is 12.8 Å². The fourth-order valence-electron chi connectivity index (χ4n) is 11.4. The fraction of sp³-hybridized carbons (Fsp3) is 0.0294. The summed E-state index contributed by atoms with van der Waals surface area (Å²) in [6.45, 7) is 0. The van der Waals surface area contributed by atoms with Crippen LogP contribution in [0.2, 0.25) is 0 Å². The van der Waals surface area contributed by atoms with Crippen LogP contribution in [-0.2, 0) is 0 Å². The van der Waals surface area contributed by atoms with E-state index in [1.165, 1.54) is 70.9 Å². The molecule has 2 heterocycles. The molecular formula is C68H48N4. The zero-order valence-electron chi connectivity index (χ0n) is 39.6. The van der Waals surface area contributed by atoms with Crippen molar-refractivity contribution in [2.75, 3.05) is 9.80 Å². The lowest BCUT2D eigenvalue weighted by molar-refractivity contribution is 0.979. The Labute approximate surface area is 418 Å². The van der Waals surface area contributed by atoms with Gasteiger partial charge < -0.3 is 18.9 Å². The molecule has 72 heavy (non-hydrogen) atoms. The predicted octanol–water partition coefficient (Wildman–Crippen LogP) is 19.0. The molecule has 0 saturated heterocycles. The first kappa shape index (κ1) is 41.6. The summed E-state index contributed by atoms with van der Waals surface area (Å²) in [5.74, 6) is 0. The topological polar surface area (TPSA) is 16.3 Å². The highest BCUT2D eigenvalue weighted by molar-refractivity contribution is 6.13. The van der Waals surface area contributed by atoms with E-state index in [9.17, 15) is 0 Å². The SMILES string of the molecule is C1=CCCC(n2c3ccccc3c3cc(N(c4ccc(-c5ccc(N(c6ccc7c(c6)c6ccccc6n7-c6ccccc6)c6cccc7ccccc67)cc5)cc4)c4cccc5ccccc45)ccc32)=C1. The molecule has 4 heteroatoms. The highest BCUT2D eigenvalue weighted by Gasteiger charge is 2.22. The van der Waals surface area contributed by atoms with Crippen molar-refractivity contribution in [1.29, 1.82) is 0 Å². The number of anilines is 6. The lowest BCUT2D eigenvalue weighted by Crippen LogP contribution is -2.11. The Hall–Kier alpha value is -9.38. The number of hydrogen-bond acceptors (Lipinski definition) is 2. The van der Waals surface area contributed by atoms with Crippen molar-refractivity contribution in [1.82, 2.24) is 9.13 Å². The maximum Gasteiger partial charge on any atom is 0.0542 e. The molecule has 0 aliphatic heterocycles. The lowest BCUT2D eigenvalue weighted by atomic mass is 10.0. The first-order valence-electron chi connectivity index (χ1n) is 25.0. The van der Waals surface area contributed by atoms with Crippen LogP contribution in [0.25, 0.3) is 87.7 Å². The second kappa shape index (κ2) is 17.2. The van der Waals surface area contributed by atoms with Gasteiger partial charge in [0.05, 0.1) is 33.4 Å². The Balaban J connectivity index is 0.867. The van der Waals surface area contributed by atoms with Crippen molar-refractivity contribution in [3.05, 3.63) is 267 Å². The standard InChI is InChI=1S/C68H48N4/c1-3-21-51(22-4-1)71-65-29-13-11-27-59(65)61-45-55(41-43-67(61)71)69(63-31-15-19-49-17-7-9-25-57(49)63)53-37-33-47(34-38-53)48-35-39-54(40-36-48)70(64-32-16-20-50-18-8-10-26-58(50)64)56-42-44-68-62(46-56)60-28-12-14-30-66(60)72(68)52-23-5-2-6-24-52/h1-5,7-23,25-46H,6,24H2. The highest BCUT2D eigenvalue weighted by Crippen LogP contribution is 2.45. The molecule has 11 aromatic carbocycles. The van der Waals surface area contributed by atoms with Crippen molar-refractivity contribution in [3.63, 3.8) is 0 Å². The van der Waals surface area contributed by atoms with Crippen LogP contribution in [0.5, 0.6) is 0 Å². The van der Waals surface area contributed by atoms with E-state index in [2.05, 4.69) is 286 Å². The zero-order chi connectivity index (χ0) is 47.5. The minimum absolute atomic E-state index is 1.02. The van der Waals surface area contributed by atoms with Crippen molar-refractivity contribution in [2.24, 2.45) is 0 Å². The van der Waals surface area contributed by atoms with Gasteiger partial charge >= 0.3 is 0 Å². The molecule has 14 rings (SSSR count). The molecule has 13 aromatic rings. The van der Waals surface area contributed by atoms with Gasteiger partial charge in [-0.1, -0.05) is 164 Å². The summed E-state index contributed by atoms with van der Waals surface area (Å²) >= 11 is 0. The Morgan fingerprint density at radius 2 is 0.750 bits per heavy atom. The number of hydrogen-bond donors (Lipinski definition) is 0. The molecule has 0 unspecified atom stereocenters. The number of fused-ring (bicyclic) bond motifs is 8. The summed E-state index contributed by atoms with van der Waals surface area (Å²) in [7, 11) is 0. The Morgan fingerprint density at radius 3 is 1.28 bits per heavy atom. The third-order valence-corrected chi connectivity index (χ3v) is 14.7. The molecule has 4 nitrogen and oxygen atoms in total. The molecule has 1 aliphatic rings. The highest BCUT2D eigenvalue weighted by atomic mass is 15.2. The van der Waals surface area contributed by atoms with Crippen LogP contribution in [-0.4, -0.2) is 9.13 Å². The van der Waals surface area contributed by atoms with Gasteiger partial charge in [0.2, 0.25) is 0 Å². The normalized spacial score (nSPS) is 12.6. The fourth-order valence-corrected chi connectivity index (χ4v) is 11.4. The lowest BCUT2D eigenvalue weighted by Gasteiger charge is -2.28. The number of benzene rings is 11. The molecular weight excluding hydrogens is 873 g/mol. The Morgan fingerprint density at radius 1 is 0.319 bits per heavy atom. The van der Waals surface area contributed by atoms with Gasteiger partial charge in [0.1, 0.15) is 0 Å². The van der Waals surface area contributed by atoms with Crippen LogP contribution in [0, 0.1) is 0 Å². The van der Waals surface area contributed by atoms with E-state index >= 15 is 0 Å². The zero-order valence-corrected chi connectivity index (χ0v) is 39.6. The molecule has 2 aromatic heterocycles. The smallest absolute Gasteiger partial charge is 0.0542 e. The van der Waals surface area contributed by atoms with Crippen LogP contribution >= 0.6 is 0 Å². The molecule has 0 N–H and O–H groups in total. The van der Waals surface area contributed by atoms with Crippen molar-refractivity contribution in [3.8, 4) is 16.8 Å². The third-order valence-electron chi connectivity index (χ3n) is 14.7. The van der Waals surface area contributed by atoms with Gasteiger partial charge in [-0.25, -0.2) is 0 Å². The van der Waals surface area contributed by atoms with E-state index in [0.29, 0.717) is 0 Å². The van der Waals surface area contributed by atoms with Gasteiger partial charge in [0.25, 0.3) is 0 Å². The number of aromatic nitrogens is 2. The Bertz CT molecular complexity index is 4260. The van der Waals surface area contributed by atoms with Gasteiger partial charge in [-0.05, 0) is 138 Å². The van der Waals surface area contributed by atoms with Gasteiger partial charge in [-0.3, -0.25) is 0 Å². The van der Waals surface area contributed by atoms with E-state index in [1.54, 1.807) is 0 Å². The summed E-state index contributed by atoms with van der Waals surface area (Å²) in [5, 5.41) is 9.78. The van der Waals surface area contributed by atoms with E-state index < -0.39 is 0 Å². The van der Waals surface area contributed by atoms with Crippen molar-refractivity contribution < 1.29 is 0 Å². The quantitative estimate of drug-likeness (QED) is 0.143. The van der Waals surface area contributed by atoms with Crippen molar-refractivity contribution in [2.45, 2.75) is 12.8 Å². The van der Waals surface area contributed by atoms with E-state index in [0.717, 1.165) is 63.8 Å². The first-order valence-corrected chi connectivity index (χ1v) is 25.0. The second-order valence-corrected chi connectivity index (χ2v) is 18.8. The van der Waals surface area contributed by atoms with Gasteiger partial charge in [-0.15, -0.1) is 0 Å². The maximum absolute atomic E-state index is 2.46. The molecule has 0 bridgehead atoms. The molecule has 0 radical (unpaired) electrons.